The Kier molecular flexibility index (Phi) is 6.54. The molecule has 0 saturated carbocycles. The second-order valence-electron chi connectivity index (χ2n) is 5.47. The minimum atomic E-state index is -0.0356. The Morgan fingerprint density at radius 1 is 1.27 bits per heavy atom. The number of thiophene rings is 1. The van der Waals surface area contributed by atoms with Gasteiger partial charge in [0.2, 0.25) is 0 Å². The monoisotopic (exact) mass is 323 g/mol. The van der Waals surface area contributed by atoms with Gasteiger partial charge in [-0.1, -0.05) is 13.3 Å². The molecule has 0 amide bonds. The first kappa shape index (κ1) is 17.1. The average molecular weight is 323 g/mol. The first-order valence-corrected chi connectivity index (χ1v) is 8.72. The lowest BCUT2D eigenvalue weighted by Gasteiger charge is -2.05. The highest BCUT2D eigenvalue weighted by atomic mass is 32.1. The van der Waals surface area contributed by atoms with E-state index in [2.05, 4.69) is 22.2 Å². The van der Waals surface area contributed by atoms with Crippen LogP contribution in [0, 0.1) is 13.8 Å². The van der Waals surface area contributed by atoms with Gasteiger partial charge in [-0.3, -0.25) is 4.79 Å². The second-order valence-corrected chi connectivity index (χ2v) is 6.68. The summed E-state index contributed by atoms with van der Waals surface area (Å²) in [4.78, 5) is 21.5. The number of aromatic amines is 1. The van der Waals surface area contributed by atoms with Crippen molar-refractivity contribution in [3.63, 3.8) is 0 Å². The fourth-order valence-corrected chi connectivity index (χ4v) is 3.29. The van der Waals surface area contributed by atoms with Crippen molar-refractivity contribution in [2.45, 2.75) is 46.6 Å². The SMILES string of the molecule is CCCCOCCCNCc1nc2sc(C)c(C)c2c(=O)[nH]1. The standard InChI is InChI=1S/C16H25N3O2S/c1-4-5-8-21-9-6-7-17-10-13-18-15(20)14-11(2)12(3)22-16(14)19-13/h17H,4-10H2,1-3H3,(H,18,19,20). The number of rotatable bonds is 9. The number of nitrogens with zero attached hydrogens (tertiary/aromatic N) is 1. The zero-order chi connectivity index (χ0) is 15.9. The van der Waals surface area contributed by atoms with Gasteiger partial charge >= 0.3 is 0 Å². The van der Waals surface area contributed by atoms with E-state index in [1.807, 2.05) is 13.8 Å². The number of ether oxygens (including phenoxy) is 1. The summed E-state index contributed by atoms with van der Waals surface area (Å²) < 4.78 is 5.51. The van der Waals surface area contributed by atoms with Gasteiger partial charge in [0.05, 0.1) is 11.9 Å². The van der Waals surface area contributed by atoms with Crippen molar-refractivity contribution in [1.29, 1.82) is 0 Å². The van der Waals surface area contributed by atoms with Crippen LogP contribution in [0.1, 0.15) is 42.5 Å². The summed E-state index contributed by atoms with van der Waals surface area (Å²) in [5.74, 6) is 0.700. The Balaban J connectivity index is 1.81. The summed E-state index contributed by atoms with van der Waals surface area (Å²) >= 11 is 1.58. The molecule has 2 aromatic heterocycles. The molecule has 0 bridgehead atoms. The first-order valence-electron chi connectivity index (χ1n) is 7.90. The van der Waals surface area contributed by atoms with Crippen molar-refractivity contribution in [3.05, 3.63) is 26.6 Å². The van der Waals surface area contributed by atoms with Gasteiger partial charge in [-0.25, -0.2) is 4.98 Å². The number of aromatic nitrogens is 2. The Hall–Kier alpha value is -1.24. The average Bonchev–Trinajstić information content (AvgIpc) is 2.77. The van der Waals surface area contributed by atoms with Gasteiger partial charge in [-0.15, -0.1) is 11.3 Å². The molecule has 2 rings (SSSR count). The lowest BCUT2D eigenvalue weighted by atomic mass is 10.2. The van der Waals surface area contributed by atoms with E-state index in [0.29, 0.717) is 12.4 Å². The fourth-order valence-electron chi connectivity index (χ4n) is 2.24. The van der Waals surface area contributed by atoms with Gasteiger partial charge < -0.3 is 15.0 Å². The predicted octanol–water partition coefficient (Wildman–Crippen LogP) is 2.90. The Morgan fingerprint density at radius 3 is 2.82 bits per heavy atom. The zero-order valence-electron chi connectivity index (χ0n) is 13.6. The van der Waals surface area contributed by atoms with E-state index in [9.17, 15) is 4.79 Å². The number of nitrogens with one attached hydrogen (secondary N) is 2. The van der Waals surface area contributed by atoms with Crippen LogP contribution in [0.25, 0.3) is 10.2 Å². The summed E-state index contributed by atoms with van der Waals surface area (Å²) in [6.07, 6.45) is 3.26. The molecule has 0 fully saturated rings. The van der Waals surface area contributed by atoms with Crippen molar-refractivity contribution in [1.82, 2.24) is 15.3 Å². The van der Waals surface area contributed by atoms with Crippen molar-refractivity contribution >= 4 is 21.6 Å². The van der Waals surface area contributed by atoms with Crippen molar-refractivity contribution in [2.24, 2.45) is 0 Å². The highest BCUT2D eigenvalue weighted by Gasteiger charge is 2.11. The lowest BCUT2D eigenvalue weighted by molar-refractivity contribution is 0.128. The largest absolute Gasteiger partial charge is 0.381 e. The molecular weight excluding hydrogens is 298 g/mol. The molecule has 0 spiro atoms. The highest BCUT2D eigenvalue weighted by Crippen LogP contribution is 2.25. The van der Waals surface area contributed by atoms with Crippen LogP contribution in [0.5, 0.6) is 0 Å². The van der Waals surface area contributed by atoms with Crippen LogP contribution in [0.3, 0.4) is 0 Å². The molecule has 5 nitrogen and oxygen atoms in total. The van der Waals surface area contributed by atoms with Crippen molar-refractivity contribution in [3.8, 4) is 0 Å². The Bertz CT molecular complexity index is 663. The molecule has 2 heterocycles. The van der Waals surface area contributed by atoms with Gasteiger partial charge in [0.15, 0.2) is 0 Å². The number of hydrogen-bond acceptors (Lipinski definition) is 5. The molecule has 0 aliphatic rings. The van der Waals surface area contributed by atoms with Crippen LogP contribution in [0.15, 0.2) is 4.79 Å². The number of fused-ring (bicyclic) bond motifs is 1. The van der Waals surface area contributed by atoms with Crippen LogP contribution < -0.4 is 10.9 Å². The van der Waals surface area contributed by atoms with Crippen molar-refractivity contribution in [2.75, 3.05) is 19.8 Å². The molecule has 122 valence electrons. The number of aryl methyl sites for hydroxylation is 2. The van der Waals surface area contributed by atoms with Gasteiger partial charge in [0, 0.05) is 18.1 Å². The first-order chi connectivity index (χ1) is 10.6. The van der Waals surface area contributed by atoms with Crippen molar-refractivity contribution < 1.29 is 4.74 Å². The summed E-state index contributed by atoms with van der Waals surface area (Å²) in [6, 6.07) is 0. The van der Waals surface area contributed by atoms with Gasteiger partial charge in [0.1, 0.15) is 10.7 Å². The van der Waals surface area contributed by atoms with Gasteiger partial charge in [-0.2, -0.15) is 0 Å². The van der Waals surface area contributed by atoms with Crippen LogP contribution in [-0.2, 0) is 11.3 Å². The minimum Gasteiger partial charge on any atom is -0.381 e. The smallest absolute Gasteiger partial charge is 0.259 e. The quantitative estimate of drug-likeness (QED) is 0.696. The maximum Gasteiger partial charge on any atom is 0.259 e. The molecule has 0 saturated heterocycles. The number of H-pyrrole nitrogens is 1. The molecule has 0 aliphatic carbocycles. The Morgan fingerprint density at radius 2 is 2.05 bits per heavy atom. The lowest BCUT2D eigenvalue weighted by Crippen LogP contribution is -2.21. The topological polar surface area (TPSA) is 67.0 Å². The van der Waals surface area contributed by atoms with E-state index in [-0.39, 0.29) is 5.56 Å². The summed E-state index contributed by atoms with van der Waals surface area (Å²) in [5.41, 5.74) is 1.00. The maximum atomic E-state index is 12.1. The molecule has 0 radical (unpaired) electrons. The summed E-state index contributed by atoms with van der Waals surface area (Å²) in [7, 11) is 0. The zero-order valence-corrected chi connectivity index (χ0v) is 14.4. The van der Waals surface area contributed by atoms with E-state index in [1.54, 1.807) is 11.3 Å². The molecule has 6 heteroatoms. The number of unbranched alkanes of at least 4 members (excludes halogenated alkanes) is 1. The summed E-state index contributed by atoms with van der Waals surface area (Å²) in [5, 5.41) is 4.03. The molecular formula is C16H25N3O2S. The molecule has 0 atom stereocenters. The van der Waals surface area contributed by atoms with Gasteiger partial charge in [-0.05, 0) is 38.8 Å². The van der Waals surface area contributed by atoms with Gasteiger partial charge in [0.25, 0.3) is 5.56 Å². The third kappa shape index (κ3) is 4.38. The molecule has 0 aromatic carbocycles. The molecule has 0 aliphatic heterocycles. The predicted molar refractivity (Wildman–Crippen MR) is 91.8 cm³/mol. The highest BCUT2D eigenvalue weighted by molar-refractivity contribution is 7.18. The van der Waals surface area contributed by atoms with E-state index in [4.69, 9.17) is 4.74 Å². The normalized spacial score (nSPS) is 11.4. The number of hydrogen-bond donors (Lipinski definition) is 2. The fraction of sp³-hybridized carbons (Fsp3) is 0.625. The molecule has 2 aromatic rings. The van der Waals surface area contributed by atoms with E-state index in [0.717, 1.165) is 53.3 Å². The maximum absolute atomic E-state index is 12.1. The van der Waals surface area contributed by atoms with Crippen LogP contribution >= 0.6 is 11.3 Å². The molecule has 2 N–H and O–H groups in total. The van der Waals surface area contributed by atoms with E-state index >= 15 is 0 Å². The molecule has 0 unspecified atom stereocenters. The van der Waals surface area contributed by atoms with Crippen LogP contribution in [0.2, 0.25) is 0 Å². The molecule has 22 heavy (non-hydrogen) atoms. The third-order valence-corrected chi connectivity index (χ3v) is 4.77. The van der Waals surface area contributed by atoms with Crippen LogP contribution in [-0.4, -0.2) is 29.7 Å². The van der Waals surface area contributed by atoms with Crippen LogP contribution in [0.4, 0.5) is 0 Å². The Labute approximate surface area is 135 Å². The summed E-state index contributed by atoms with van der Waals surface area (Å²) in [6.45, 7) is 9.22. The van der Waals surface area contributed by atoms with E-state index < -0.39 is 0 Å². The third-order valence-electron chi connectivity index (χ3n) is 3.67. The van der Waals surface area contributed by atoms with E-state index in [1.165, 1.54) is 6.42 Å². The minimum absolute atomic E-state index is 0.0356. The second kappa shape index (κ2) is 8.41.